The van der Waals surface area contributed by atoms with Gasteiger partial charge in [-0.05, 0) is 56.6 Å². The van der Waals surface area contributed by atoms with Crippen molar-refractivity contribution in [1.29, 1.82) is 0 Å². The average Bonchev–Trinajstić information content (AvgIpc) is 2.66. The SMILES string of the molecule is CC/C(C)=C(/C=C\C1=C(C)NCCC1)CC1CN(C(=O)CC(=O)NCCC(=O)O)C1. The first-order chi connectivity index (χ1) is 14.3. The van der Waals surface area contributed by atoms with Crippen LogP contribution < -0.4 is 10.6 Å². The van der Waals surface area contributed by atoms with Crippen LogP contribution in [0.1, 0.15) is 59.3 Å². The second kappa shape index (κ2) is 11.6. The predicted octanol–water partition coefficient (Wildman–Crippen LogP) is 2.76. The molecule has 1 saturated heterocycles. The van der Waals surface area contributed by atoms with Gasteiger partial charge in [-0.3, -0.25) is 14.4 Å². The monoisotopic (exact) mass is 417 g/mol. The van der Waals surface area contributed by atoms with Gasteiger partial charge in [-0.2, -0.15) is 0 Å². The maximum absolute atomic E-state index is 12.2. The molecule has 0 atom stereocenters. The Labute approximate surface area is 179 Å². The standard InChI is InChI=1S/C23H35N3O4/c1-4-16(2)20(8-7-19-6-5-10-24-17(19)3)12-18-14-26(15-18)22(28)13-21(27)25-11-9-23(29)30/h7-8,18,24H,4-6,9-15H2,1-3H3,(H,25,27)(H,29,30)/b8-7-,20-16-. The zero-order chi connectivity index (χ0) is 22.1. The first kappa shape index (κ1) is 23.7. The summed E-state index contributed by atoms with van der Waals surface area (Å²) in [4.78, 5) is 36.2. The summed E-state index contributed by atoms with van der Waals surface area (Å²) < 4.78 is 0. The Balaban J connectivity index is 1.82. The predicted molar refractivity (Wildman–Crippen MR) is 117 cm³/mol. The van der Waals surface area contributed by atoms with E-state index in [2.05, 4.69) is 43.6 Å². The smallest absolute Gasteiger partial charge is 0.305 e. The van der Waals surface area contributed by atoms with E-state index in [0.717, 1.165) is 32.2 Å². The van der Waals surface area contributed by atoms with Crippen molar-refractivity contribution in [3.8, 4) is 0 Å². The molecule has 0 saturated carbocycles. The molecule has 2 heterocycles. The van der Waals surface area contributed by atoms with Crippen molar-refractivity contribution in [2.75, 3.05) is 26.2 Å². The van der Waals surface area contributed by atoms with Gasteiger partial charge in [0.2, 0.25) is 11.8 Å². The van der Waals surface area contributed by atoms with Gasteiger partial charge >= 0.3 is 5.97 Å². The van der Waals surface area contributed by atoms with Gasteiger partial charge in [-0.15, -0.1) is 0 Å². The first-order valence-corrected chi connectivity index (χ1v) is 10.9. The highest BCUT2D eigenvalue weighted by Crippen LogP contribution is 2.27. The van der Waals surface area contributed by atoms with E-state index >= 15 is 0 Å². The van der Waals surface area contributed by atoms with Crippen molar-refractivity contribution < 1.29 is 19.5 Å². The highest BCUT2D eigenvalue weighted by atomic mass is 16.4. The third-order valence-corrected chi connectivity index (χ3v) is 5.85. The van der Waals surface area contributed by atoms with E-state index in [4.69, 9.17) is 5.11 Å². The minimum Gasteiger partial charge on any atom is -0.481 e. The molecule has 2 aliphatic heterocycles. The Hall–Kier alpha value is -2.57. The zero-order valence-electron chi connectivity index (χ0n) is 18.4. The molecule has 0 spiro atoms. The molecule has 0 aliphatic carbocycles. The van der Waals surface area contributed by atoms with Crippen molar-refractivity contribution in [1.82, 2.24) is 15.5 Å². The number of carboxylic acids is 1. The van der Waals surface area contributed by atoms with Crippen molar-refractivity contribution in [3.05, 3.63) is 34.6 Å². The van der Waals surface area contributed by atoms with Crippen LogP contribution in [0.4, 0.5) is 0 Å². The molecule has 0 bridgehead atoms. The number of carboxylic acid groups (broad SMARTS) is 1. The van der Waals surface area contributed by atoms with Gasteiger partial charge in [-0.25, -0.2) is 0 Å². The summed E-state index contributed by atoms with van der Waals surface area (Å²) in [6.07, 6.45) is 8.32. The second-order valence-electron chi connectivity index (χ2n) is 8.21. The van der Waals surface area contributed by atoms with Crippen molar-refractivity contribution in [3.63, 3.8) is 0 Å². The molecule has 30 heavy (non-hydrogen) atoms. The van der Waals surface area contributed by atoms with Gasteiger partial charge in [0.15, 0.2) is 0 Å². The summed E-state index contributed by atoms with van der Waals surface area (Å²) in [5, 5.41) is 14.5. The maximum atomic E-state index is 12.2. The molecule has 0 aromatic rings. The van der Waals surface area contributed by atoms with Crippen LogP contribution in [-0.2, 0) is 14.4 Å². The molecule has 0 aromatic heterocycles. The van der Waals surface area contributed by atoms with Crippen LogP contribution in [0.2, 0.25) is 0 Å². The summed E-state index contributed by atoms with van der Waals surface area (Å²) in [7, 11) is 0. The fourth-order valence-corrected chi connectivity index (χ4v) is 3.71. The van der Waals surface area contributed by atoms with Crippen molar-refractivity contribution in [2.24, 2.45) is 5.92 Å². The summed E-state index contributed by atoms with van der Waals surface area (Å²) in [5.41, 5.74) is 5.33. The third kappa shape index (κ3) is 7.35. The molecular weight excluding hydrogens is 382 g/mol. The Morgan fingerprint density at radius 3 is 2.67 bits per heavy atom. The molecule has 0 aromatic carbocycles. The van der Waals surface area contributed by atoms with E-state index < -0.39 is 11.9 Å². The zero-order valence-corrected chi connectivity index (χ0v) is 18.4. The lowest BCUT2D eigenvalue weighted by Crippen LogP contribution is -2.51. The lowest BCUT2D eigenvalue weighted by molar-refractivity contribution is -0.141. The minimum atomic E-state index is -0.973. The average molecular weight is 418 g/mol. The quantitative estimate of drug-likeness (QED) is 0.375. The maximum Gasteiger partial charge on any atom is 0.305 e. The molecule has 0 radical (unpaired) electrons. The van der Waals surface area contributed by atoms with Crippen LogP contribution in [0, 0.1) is 5.92 Å². The van der Waals surface area contributed by atoms with E-state index in [0.29, 0.717) is 19.0 Å². The Bertz CT molecular complexity index is 746. The molecule has 2 rings (SSSR count). The molecule has 1 fully saturated rings. The van der Waals surface area contributed by atoms with Crippen LogP contribution in [0.3, 0.4) is 0 Å². The molecule has 2 amide bonds. The molecule has 2 aliphatic rings. The fraction of sp³-hybridized carbons (Fsp3) is 0.609. The van der Waals surface area contributed by atoms with E-state index in [1.165, 1.54) is 22.4 Å². The summed E-state index contributed by atoms with van der Waals surface area (Å²) in [5.74, 6) is -1.18. The van der Waals surface area contributed by atoms with Crippen LogP contribution in [0.5, 0.6) is 0 Å². The number of nitrogens with one attached hydrogen (secondary N) is 2. The normalized spacial score (nSPS) is 18.0. The van der Waals surface area contributed by atoms with E-state index in [9.17, 15) is 14.4 Å². The highest BCUT2D eigenvalue weighted by Gasteiger charge is 2.31. The minimum absolute atomic E-state index is 0.0479. The largest absolute Gasteiger partial charge is 0.481 e. The number of amides is 2. The lowest BCUT2D eigenvalue weighted by Gasteiger charge is -2.39. The third-order valence-electron chi connectivity index (χ3n) is 5.85. The Kier molecular flexibility index (Phi) is 9.15. The molecule has 166 valence electrons. The first-order valence-electron chi connectivity index (χ1n) is 10.9. The fourth-order valence-electron chi connectivity index (χ4n) is 3.71. The van der Waals surface area contributed by atoms with E-state index in [1.807, 2.05) is 0 Å². The molecular formula is C23H35N3O4. The number of hydrogen-bond donors (Lipinski definition) is 3. The van der Waals surface area contributed by atoms with Gasteiger partial charge in [0, 0.05) is 31.9 Å². The Morgan fingerprint density at radius 2 is 2.03 bits per heavy atom. The number of nitrogens with zero attached hydrogens (tertiary/aromatic N) is 1. The van der Waals surface area contributed by atoms with Crippen LogP contribution in [0.15, 0.2) is 34.6 Å². The van der Waals surface area contributed by atoms with Crippen LogP contribution in [0.25, 0.3) is 0 Å². The number of allylic oxidation sites excluding steroid dienone is 6. The topological polar surface area (TPSA) is 98.7 Å². The number of carbonyl (C=O) groups is 3. The van der Waals surface area contributed by atoms with E-state index in [-0.39, 0.29) is 25.3 Å². The van der Waals surface area contributed by atoms with Gasteiger partial charge in [-0.1, -0.05) is 24.6 Å². The highest BCUT2D eigenvalue weighted by molar-refractivity contribution is 5.97. The van der Waals surface area contributed by atoms with Gasteiger partial charge < -0.3 is 20.6 Å². The summed E-state index contributed by atoms with van der Waals surface area (Å²) in [6, 6.07) is 0. The lowest BCUT2D eigenvalue weighted by atomic mass is 9.88. The molecule has 7 nitrogen and oxygen atoms in total. The Morgan fingerprint density at radius 1 is 1.30 bits per heavy atom. The number of rotatable bonds is 10. The number of likely N-dealkylation sites (tertiary alicyclic amines) is 1. The summed E-state index contributed by atoms with van der Waals surface area (Å²) >= 11 is 0. The number of carbonyl (C=O) groups excluding carboxylic acids is 2. The number of hydrogen-bond acceptors (Lipinski definition) is 4. The molecule has 7 heteroatoms. The van der Waals surface area contributed by atoms with Crippen molar-refractivity contribution in [2.45, 2.75) is 59.3 Å². The van der Waals surface area contributed by atoms with Gasteiger partial charge in [0.1, 0.15) is 6.42 Å². The summed E-state index contributed by atoms with van der Waals surface area (Å²) in [6.45, 7) is 8.88. The second-order valence-corrected chi connectivity index (χ2v) is 8.21. The molecule has 0 unspecified atom stereocenters. The van der Waals surface area contributed by atoms with E-state index in [1.54, 1.807) is 4.90 Å². The number of aliphatic carboxylic acids is 1. The van der Waals surface area contributed by atoms with Crippen molar-refractivity contribution >= 4 is 17.8 Å². The molecule has 3 N–H and O–H groups in total. The van der Waals surface area contributed by atoms with Crippen LogP contribution >= 0.6 is 0 Å². The van der Waals surface area contributed by atoms with Gasteiger partial charge in [0.25, 0.3) is 0 Å². The van der Waals surface area contributed by atoms with Gasteiger partial charge in [0.05, 0.1) is 6.42 Å². The van der Waals surface area contributed by atoms with Crippen LogP contribution in [-0.4, -0.2) is 54.0 Å².